The van der Waals surface area contributed by atoms with Crippen molar-refractivity contribution < 1.29 is 23.0 Å². The minimum Gasteiger partial charge on any atom is -0.490 e. The molecule has 0 saturated heterocycles. The zero-order chi connectivity index (χ0) is 14.8. The molecule has 1 saturated carbocycles. The van der Waals surface area contributed by atoms with Gasteiger partial charge in [-0.1, -0.05) is 0 Å². The average Bonchev–Trinajstić information content (AvgIpc) is 2.39. The van der Waals surface area contributed by atoms with E-state index in [0.29, 0.717) is 11.4 Å². The number of rotatable bonds is 3. The van der Waals surface area contributed by atoms with Crippen LogP contribution in [0.5, 0.6) is 5.75 Å². The van der Waals surface area contributed by atoms with Crippen molar-refractivity contribution in [2.24, 2.45) is 0 Å². The van der Waals surface area contributed by atoms with E-state index in [0.717, 1.165) is 0 Å². The van der Waals surface area contributed by atoms with Crippen molar-refractivity contribution in [3.63, 3.8) is 0 Å². The topological polar surface area (TPSA) is 61.5 Å². The van der Waals surface area contributed by atoms with Crippen LogP contribution < -0.4 is 10.5 Å². The first-order valence-corrected chi connectivity index (χ1v) is 6.43. The van der Waals surface area contributed by atoms with Crippen molar-refractivity contribution in [2.75, 3.05) is 12.8 Å². The third kappa shape index (κ3) is 3.59. The third-order valence-electron chi connectivity index (χ3n) is 3.32. The van der Waals surface area contributed by atoms with Gasteiger partial charge in [-0.15, -0.1) is 0 Å². The SMILES string of the molecule is COC(=O)c1cc(N)cc(OC2CCC(F)(F)CC2)c1. The van der Waals surface area contributed by atoms with Crippen LogP contribution in [0.4, 0.5) is 14.5 Å². The molecule has 4 nitrogen and oxygen atoms in total. The minimum atomic E-state index is -2.59. The molecular formula is C14H17F2NO3. The molecule has 0 radical (unpaired) electrons. The predicted octanol–water partition coefficient (Wildman–Crippen LogP) is 3.01. The minimum absolute atomic E-state index is 0.177. The monoisotopic (exact) mass is 285 g/mol. The Labute approximate surface area is 115 Å². The van der Waals surface area contributed by atoms with Crippen LogP contribution in [0, 0.1) is 0 Å². The number of hydrogen-bond acceptors (Lipinski definition) is 4. The van der Waals surface area contributed by atoms with Crippen LogP contribution in [0.2, 0.25) is 0 Å². The summed E-state index contributed by atoms with van der Waals surface area (Å²) in [7, 11) is 1.27. The summed E-state index contributed by atoms with van der Waals surface area (Å²) in [5.41, 5.74) is 6.34. The van der Waals surface area contributed by atoms with Crippen molar-refractivity contribution in [2.45, 2.75) is 37.7 Å². The predicted molar refractivity (Wildman–Crippen MR) is 70.0 cm³/mol. The largest absolute Gasteiger partial charge is 0.490 e. The van der Waals surface area contributed by atoms with Gasteiger partial charge in [-0.3, -0.25) is 0 Å². The first-order chi connectivity index (χ1) is 9.39. The molecule has 1 aliphatic rings. The Bertz CT molecular complexity index is 495. The van der Waals surface area contributed by atoms with E-state index in [1.54, 1.807) is 6.07 Å². The van der Waals surface area contributed by atoms with Gasteiger partial charge < -0.3 is 15.2 Å². The number of nitrogens with two attached hydrogens (primary N) is 1. The normalized spacial score (nSPS) is 18.6. The van der Waals surface area contributed by atoms with E-state index in [-0.39, 0.29) is 37.4 Å². The van der Waals surface area contributed by atoms with Crippen LogP contribution in [0.25, 0.3) is 0 Å². The molecule has 0 unspecified atom stereocenters. The second kappa shape index (κ2) is 5.64. The number of hydrogen-bond donors (Lipinski definition) is 1. The lowest BCUT2D eigenvalue weighted by Gasteiger charge is -2.28. The van der Waals surface area contributed by atoms with E-state index in [1.807, 2.05) is 0 Å². The van der Waals surface area contributed by atoms with Crippen LogP contribution in [-0.2, 0) is 4.74 Å². The van der Waals surface area contributed by atoms with Gasteiger partial charge in [0, 0.05) is 24.6 Å². The summed E-state index contributed by atoms with van der Waals surface area (Å²) in [6.07, 6.45) is -0.0554. The third-order valence-corrected chi connectivity index (χ3v) is 3.32. The van der Waals surface area contributed by atoms with Crippen LogP contribution in [0.1, 0.15) is 36.0 Å². The second-order valence-corrected chi connectivity index (χ2v) is 4.96. The molecule has 0 spiro atoms. The first kappa shape index (κ1) is 14.6. The number of nitrogen functional groups attached to an aromatic ring is 1. The summed E-state index contributed by atoms with van der Waals surface area (Å²) < 4.78 is 36.4. The maximum absolute atomic E-state index is 13.1. The molecule has 110 valence electrons. The van der Waals surface area contributed by atoms with Crippen LogP contribution in [-0.4, -0.2) is 25.1 Å². The zero-order valence-electron chi connectivity index (χ0n) is 11.2. The van der Waals surface area contributed by atoms with Crippen molar-refractivity contribution in [3.05, 3.63) is 23.8 Å². The number of alkyl halides is 2. The standard InChI is InChI=1S/C14H17F2NO3/c1-19-13(18)9-6-10(17)8-12(7-9)20-11-2-4-14(15,16)5-3-11/h6-8,11H,2-5,17H2,1H3. The summed E-state index contributed by atoms with van der Waals surface area (Å²) in [6.45, 7) is 0. The maximum atomic E-state index is 13.1. The first-order valence-electron chi connectivity index (χ1n) is 6.43. The Morgan fingerprint density at radius 1 is 1.30 bits per heavy atom. The lowest BCUT2D eigenvalue weighted by molar-refractivity contribution is -0.0582. The number of methoxy groups -OCH3 is 1. The number of esters is 1. The molecule has 20 heavy (non-hydrogen) atoms. The Morgan fingerprint density at radius 3 is 2.55 bits per heavy atom. The molecule has 1 aromatic rings. The summed E-state index contributed by atoms with van der Waals surface area (Å²) in [5, 5.41) is 0. The molecule has 0 amide bonds. The van der Waals surface area contributed by atoms with Gasteiger partial charge in [-0.2, -0.15) is 0 Å². The van der Waals surface area contributed by atoms with E-state index in [1.165, 1.54) is 19.2 Å². The van der Waals surface area contributed by atoms with Gasteiger partial charge in [0.05, 0.1) is 18.8 Å². The Hall–Kier alpha value is -1.85. The van der Waals surface area contributed by atoms with Gasteiger partial charge in [0.1, 0.15) is 5.75 Å². The molecule has 1 aromatic carbocycles. The Balaban J connectivity index is 2.06. The summed E-state index contributed by atoms with van der Waals surface area (Å²) in [6, 6.07) is 4.56. The summed E-state index contributed by atoms with van der Waals surface area (Å²) in [5.74, 6) is -2.70. The highest BCUT2D eigenvalue weighted by Crippen LogP contribution is 2.35. The number of ether oxygens (including phenoxy) is 2. The molecule has 0 aromatic heterocycles. The van der Waals surface area contributed by atoms with Crippen molar-refractivity contribution in [1.82, 2.24) is 0 Å². The molecule has 2 rings (SSSR count). The summed E-state index contributed by atoms with van der Waals surface area (Å²) in [4.78, 5) is 11.5. The highest BCUT2D eigenvalue weighted by atomic mass is 19.3. The molecule has 0 aliphatic heterocycles. The number of anilines is 1. The molecule has 1 aliphatic carbocycles. The van der Waals surface area contributed by atoms with Crippen molar-refractivity contribution in [1.29, 1.82) is 0 Å². The fourth-order valence-corrected chi connectivity index (χ4v) is 2.25. The number of carbonyl (C=O) groups excluding carboxylic acids is 1. The van der Waals surface area contributed by atoms with E-state index in [4.69, 9.17) is 10.5 Å². The van der Waals surface area contributed by atoms with Gasteiger partial charge in [0.25, 0.3) is 0 Å². The van der Waals surface area contributed by atoms with E-state index >= 15 is 0 Å². The summed E-state index contributed by atoms with van der Waals surface area (Å²) >= 11 is 0. The van der Waals surface area contributed by atoms with Gasteiger partial charge in [-0.05, 0) is 25.0 Å². The highest BCUT2D eigenvalue weighted by Gasteiger charge is 2.35. The van der Waals surface area contributed by atoms with Gasteiger partial charge in [0.2, 0.25) is 5.92 Å². The number of carbonyl (C=O) groups is 1. The number of halogens is 2. The van der Waals surface area contributed by atoms with Crippen LogP contribution in [0.3, 0.4) is 0 Å². The van der Waals surface area contributed by atoms with Crippen molar-refractivity contribution in [3.8, 4) is 5.75 Å². The van der Waals surface area contributed by atoms with Gasteiger partial charge in [-0.25, -0.2) is 13.6 Å². The average molecular weight is 285 g/mol. The molecule has 2 N–H and O–H groups in total. The van der Waals surface area contributed by atoms with Gasteiger partial charge >= 0.3 is 5.97 Å². The zero-order valence-corrected chi connectivity index (χ0v) is 11.2. The quantitative estimate of drug-likeness (QED) is 0.685. The number of benzene rings is 1. The smallest absolute Gasteiger partial charge is 0.338 e. The molecule has 6 heteroatoms. The van der Waals surface area contributed by atoms with E-state index in [9.17, 15) is 13.6 Å². The Morgan fingerprint density at radius 2 is 1.95 bits per heavy atom. The fourth-order valence-electron chi connectivity index (χ4n) is 2.25. The lowest BCUT2D eigenvalue weighted by Crippen LogP contribution is -2.30. The van der Waals surface area contributed by atoms with E-state index < -0.39 is 11.9 Å². The molecule has 1 fully saturated rings. The van der Waals surface area contributed by atoms with Crippen molar-refractivity contribution >= 4 is 11.7 Å². The van der Waals surface area contributed by atoms with Gasteiger partial charge in [0.15, 0.2) is 0 Å². The van der Waals surface area contributed by atoms with E-state index in [2.05, 4.69) is 4.74 Å². The second-order valence-electron chi connectivity index (χ2n) is 4.96. The Kier molecular flexibility index (Phi) is 4.11. The molecule has 0 bridgehead atoms. The fraction of sp³-hybridized carbons (Fsp3) is 0.500. The highest BCUT2D eigenvalue weighted by molar-refractivity contribution is 5.90. The molecular weight excluding hydrogens is 268 g/mol. The maximum Gasteiger partial charge on any atom is 0.338 e. The lowest BCUT2D eigenvalue weighted by atomic mass is 9.94. The molecule has 0 atom stereocenters. The molecule has 0 heterocycles. The van der Waals surface area contributed by atoms with Crippen LogP contribution >= 0.6 is 0 Å². The van der Waals surface area contributed by atoms with Crippen LogP contribution in [0.15, 0.2) is 18.2 Å².